The van der Waals surface area contributed by atoms with E-state index in [1.54, 1.807) is 0 Å². The molecule has 2 rings (SSSR count). The lowest BCUT2D eigenvalue weighted by molar-refractivity contribution is 0.378. The Kier molecular flexibility index (Phi) is 4.81. The Labute approximate surface area is 117 Å². The van der Waals surface area contributed by atoms with Crippen LogP contribution in [0.25, 0.3) is 0 Å². The van der Waals surface area contributed by atoms with E-state index in [0.717, 1.165) is 18.2 Å². The Morgan fingerprint density at radius 2 is 2.21 bits per heavy atom. The summed E-state index contributed by atoms with van der Waals surface area (Å²) in [7, 11) is 0. The number of rotatable bonds is 4. The maximum absolute atomic E-state index is 4.46. The average molecular weight is 261 g/mol. The van der Waals surface area contributed by atoms with Crippen molar-refractivity contribution in [3.8, 4) is 0 Å². The van der Waals surface area contributed by atoms with Gasteiger partial charge in [0.15, 0.2) is 0 Å². The summed E-state index contributed by atoms with van der Waals surface area (Å²) < 4.78 is 0. The van der Waals surface area contributed by atoms with Crippen LogP contribution in [0.1, 0.15) is 46.2 Å². The van der Waals surface area contributed by atoms with Crippen LogP contribution in [0.4, 0.5) is 5.69 Å². The molecule has 2 atom stereocenters. The molecule has 0 aromatic carbocycles. The molecule has 1 saturated heterocycles. The van der Waals surface area contributed by atoms with Crippen LogP contribution in [-0.4, -0.2) is 23.6 Å². The fraction of sp³-hybridized carbons (Fsp3) is 0.688. The van der Waals surface area contributed by atoms with Gasteiger partial charge in [-0.05, 0) is 37.8 Å². The van der Waals surface area contributed by atoms with E-state index in [2.05, 4.69) is 55.0 Å². The molecule has 2 unspecified atom stereocenters. The molecule has 2 heterocycles. The quantitative estimate of drug-likeness (QED) is 0.902. The Morgan fingerprint density at radius 1 is 1.42 bits per heavy atom. The Bertz CT molecular complexity index is 403. The monoisotopic (exact) mass is 261 g/mol. The maximum atomic E-state index is 4.46. The summed E-state index contributed by atoms with van der Waals surface area (Å²) in [5, 5.41) is 3.43. The van der Waals surface area contributed by atoms with Gasteiger partial charge in [0.1, 0.15) is 0 Å². The summed E-state index contributed by atoms with van der Waals surface area (Å²) in [6.07, 6.45) is 4.53. The predicted molar refractivity (Wildman–Crippen MR) is 81.4 cm³/mol. The van der Waals surface area contributed by atoms with Gasteiger partial charge in [-0.25, -0.2) is 0 Å². The maximum Gasteiger partial charge on any atom is 0.0562 e. The van der Waals surface area contributed by atoms with Crippen molar-refractivity contribution in [1.82, 2.24) is 10.3 Å². The van der Waals surface area contributed by atoms with E-state index in [9.17, 15) is 0 Å². The van der Waals surface area contributed by atoms with Crippen molar-refractivity contribution >= 4 is 5.69 Å². The van der Waals surface area contributed by atoms with Gasteiger partial charge in [-0.2, -0.15) is 0 Å². The third-order valence-electron chi connectivity index (χ3n) is 3.96. The van der Waals surface area contributed by atoms with Crippen LogP contribution in [0.2, 0.25) is 0 Å². The van der Waals surface area contributed by atoms with Gasteiger partial charge in [0.2, 0.25) is 0 Å². The van der Waals surface area contributed by atoms with Crippen LogP contribution in [0.15, 0.2) is 18.3 Å². The SMILES string of the molecule is CC1CCN(c2ccnc(CNC(C)C)c2)C(C)C1. The Morgan fingerprint density at radius 3 is 2.89 bits per heavy atom. The minimum atomic E-state index is 0.500. The number of aromatic nitrogens is 1. The third kappa shape index (κ3) is 3.93. The van der Waals surface area contributed by atoms with Gasteiger partial charge in [-0.3, -0.25) is 4.98 Å². The summed E-state index contributed by atoms with van der Waals surface area (Å²) in [6, 6.07) is 5.52. The molecular formula is C16H27N3. The van der Waals surface area contributed by atoms with Crippen molar-refractivity contribution in [3.63, 3.8) is 0 Å². The lowest BCUT2D eigenvalue weighted by atomic mass is 9.93. The highest BCUT2D eigenvalue weighted by Crippen LogP contribution is 2.27. The Balaban J connectivity index is 2.05. The molecule has 3 heteroatoms. The van der Waals surface area contributed by atoms with Crippen molar-refractivity contribution in [2.45, 2.75) is 59.2 Å². The third-order valence-corrected chi connectivity index (χ3v) is 3.96. The molecule has 1 fully saturated rings. The number of pyridine rings is 1. The van der Waals surface area contributed by atoms with Crippen LogP contribution in [0, 0.1) is 5.92 Å². The first-order valence-corrected chi connectivity index (χ1v) is 7.51. The van der Waals surface area contributed by atoms with E-state index in [-0.39, 0.29) is 0 Å². The molecule has 3 nitrogen and oxygen atoms in total. The molecule has 0 radical (unpaired) electrons. The molecule has 1 aliphatic rings. The van der Waals surface area contributed by atoms with Crippen LogP contribution in [0.3, 0.4) is 0 Å². The zero-order valence-corrected chi connectivity index (χ0v) is 12.7. The molecular weight excluding hydrogens is 234 g/mol. The number of hydrogen-bond donors (Lipinski definition) is 1. The lowest BCUT2D eigenvalue weighted by Crippen LogP contribution is -2.40. The molecule has 0 spiro atoms. The largest absolute Gasteiger partial charge is 0.369 e. The van der Waals surface area contributed by atoms with E-state index in [1.807, 2.05) is 6.20 Å². The van der Waals surface area contributed by atoms with Gasteiger partial charge in [0.05, 0.1) is 5.69 Å². The topological polar surface area (TPSA) is 28.2 Å². The molecule has 0 amide bonds. The van der Waals surface area contributed by atoms with Crippen molar-refractivity contribution in [2.75, 3.05) is 11.4 Å². The molecule has 1 aromatic rings. The number of anilines is 1. The van der Waals surface area contributed by atoms with E-state index >= 15 is 0 Å². The second-order valence-electron chi connectivity index (χ2n) is 6.21. The molecule has 0 aliphatic carbocycles. The highest BCUT2D eigenvalue weighted by atomic mass is 15.2. The average Bonchev–Trinajstić information content (AvgIpc) is 2.36. The molecule has 1 N–H and O–H groups in total. The Hall–Kier alpha value is -1.09. The van der Waals surface area contributed by atoms with Gasteiger partial charge in [0.25, 0.3) is 0 Å². The predicted octanol–water partition coefficient (Wildman–Crippen LogP) is 3.20. The van der Waals surface area contributed by atoms with Crippen molar-refractivity contribution < 1.29 is 0 Å². The van der Waals surface area contributed by atoms with Crippen molar-refractivity contribution in [1.29, 1.82) is 0 Å². The summed E-state index contributed by atoms with van der Waals surface area (Å²) in [6.45, 7) is 11.0. The highest BCUT2D eigenvalue weighted by Gasteiger charge is 2.23. The zero-order chi connectivity index (χ0) is 13.8. The second kappa shape index (κ2) is 6.38. The first-order chi connectivity index (χ1) is 9.06. The number of nitrogens with zero attached hydrogens (tertiary/aromatic N) is 2. The smallest absolute Gasteiger partial charge is 0.0562 e. The molecule has 0 saturated carbocycles. The van der Waals surface area contributed by atoms with Gasteiger partial charge < -0.3 is 10.2 Å². The van der Waals surface area contributed by atoms with Gasteiger partial charge in [-0.15, -0.1) is 0 Å². The van der Waals surface area contributed by atoms with Crippen LogP contribution < -0.4 is 10.2 Å². The van der Waals surface area contributed by atoms with Crippen LogP contribution >= 0.6 is 0 Å². The van der Waals surface area contributed by atoms with Gasteiger partial charge in [-0.1, -0.05) is 20.8 Å². The van der Waals surface area contributed by atoms with Crippen molar-refractivity contribution in [2.24, 2.45) is 5.92 Å². The second-order valence-corrected chi connectivity index (χ2v) is 6.21. The number of piperidine rings is 1. The van der Waals surface area contributed by atoms with Gasteiger partial charge in [0, 0.05) is 37.1 Å². The van der Waals surface area contributed by atoms with E-state index in [0.29, 0.717) is 12.1 Å². The summed E-state index contributed by atoms with van der Waals surface area (Å²) >= 11 is 0. The zero-order valence-electron chi connectivity index (χ0n) is 12.7. The molecule has 1 aromatic heterocycles. The fourth-order valence-electron chi connectivity index (χ4n) is 2.84. The first kappa shape index (κ1) is 14.3. The molecule has 19 heavy (non-hydrogen) atoms. The van der Waals surface area contributed by atoms with E-state index in [4.69, 9.17) is 0 Å². The normalized spacial score (nSPS) is 23.9. The van der Waals surface area contributed by atoms with Crippen molar-refractivity contribution in [3.05, 3.63) is 24.0 Å². The lowest BCUT2D eigenvalue weighted by Gasteiger charge is -2.38. The summed E-state index contributed by atoms with van der Waals surface area (Å²) in [5.41, 5.74) is 2.46. The van der Waals surface area contributed by atoms with E-state index < -0.39 is 0 Å². The summed E-state index contributed by atoms with van der Waals surface area (Å²) in [4.78, 5) is 6.99. The van der Waals surface area contributed by atoms with Crippen LogP contribution in [-0.2, 0) is 6.54 Å². The fourth-order valence-corrected chi connectivity index (χ4v) is 2.84. The standard InChI is InChI=1S/C16H27N3/c1-12(2)18-11-15-10-16(5-7-17-15)19-8-6-13(3)9-14(19)4/h5,7,10,12-14,18H,6,8-9,11H2,1-4H3. The molecule has 1 aliphatic heterocycles. The van der Waals surface area contributed by atoms with Gasteiger partial charge >= 0.3 is 0 Å². The number of hydrogen-bond acceptors (Lipinski definition) is 3. The molecule has 0 bridgehead atoms. The summed E-state index contributed by atoms with van der Waals surface area (Å²) in [5.74, 6) is 0.857. The minimum Gasteiger partial charge on any atom is -0.369 e. The number of nitrogens with one attached hydrogen (secondary N) is 1. The molecule has 106 valence electrons. The highest BCUT2D eigenvalue weighted by molar-refractivity contribution is 5.48. The minimum absolute atomic E-state index is 0.500. The van der Waals surface area contributed by atoms with E-state index in [1.165, 1.54) is 25.1 Å². The first-order valence-electron chi connectivity index (χ1n) is 7.51. The van der Waals surface area contributed by atoms with Crippen LogP contribution in [0.5, 0.6) is 0 Å².